The zero-order valence-corrected chi connectivity index (χ0v) is 11.2. The normalized spacial score (nSPS) is 10.1. The van der Waals surface area contributed by atoms with Gasteiger partial charge in [-0.05, 0) is 37.3 Å². The Morgan fingerprint density at radius 3 is 2.82 bits per heavy atom. The summed E-state index contributed by atoms with van der Waals surface area (Å²) in [6.07, 6.45) is 5.56. The molecule has 0 aliphatic heterocycles. The number of anilines is 1. The molecule has 0 N–H and O–H groups in total. The van der Waals surface area contributed by atoms with Crippen LogP contribution in [0.1, 0.15) is 12.8 Å². The van der Waals surface area contributed by atoms with Crippen molar-refractivity contribution in [2.75, 3.05) is 18.2 Å². The summed E-state index contributed by atoms with van der Waals surface area (Å²) in [5, 5.41) is 0. The first-order valence-corrected chi connectivity index (χ1v) is 6.68. The van der Waals surface area contributed by atoms with Crippen LogP contribution in [0.4, 0.5) is 10.1 Å². The maximum absolute atomic E-state index is 13.3. The van der Waals surface area contributed by atoms with E-state index in [4.69, 9.17) is 0 Å². The molecule has 17 heavy (non-hydrogen) atoms. The Bertz CT molecular complexity index is 415. The van der Waals surface area contributed by atoms with Gasteiger partial charge < -0.3 is 4.90 Å². The summed E-state index contributed by atoms with van der Waals surface area (Å²) in [7, 11) is 1.92. The predicted molar refractivity (Wildman–Crippen MR) is 75.2 cm³/mol. The summed E-state index contributed by atoms with van der Waals surface area (Å²) >= 11 is 1.60. The molecule has 0 bridgehead atoms. The predicted octanol–water partition coefficient (Wildman–Crippen LogP) is 4.46. The summed E-state index contributed by atoms with van der Waals surface area (Å²) in [5.41, 5.74) is 1.83. The minimum atomic E-state index is -0.221. The van der Waals surface area contributed by atoms with Crippen molar-refractivity contribution in [2.45, 2.75) is 17.7 Å². The lowest BCUT2D eigenvalue weighted by Crippen LogP contribution is -2.16. The third-order valence-electron chi connectivity index (χ3n) is 2.61. The van der Waals surface area contributed by atoms with Crippen LogP contribution < -0.4 is 4.90 Å². The standard InChI is InChI=1S/C14H18FNS/c1-5-6-7-11(2)16(3)13-10-12(15)8-9-14(13)17-4/h5,8-10H,1-2,6-7H2,3-4H3. The van der Waals surface area contributed by atoms with Crippen LogP contribution in [0.15, 0.2) is 48.0 Å². The average Bonchev–Trinajstić information content (AvgIpc) is 2.34. The second-order valence-corrected chi connectivity index (χ2v) is 4.62. The molecule has 0 radical (unpaired) electrons. The minimum absolute atomic E-state index is 0.221. The van der Waals surface area contributed by atoms with E-state index < -0.39 is 0 Å². The van der Waals surface area contributed by atoms with E-state index in [0.717, 1.165) is 29.1 Å². The number of nitrogens with zero attached hydrogens (tertiary/aromatic N) is 1. The molecule has 1 nitrogen and oxygen atoms in total. The number of rotatable bonds is 6. The molecular formula is C14H18FNS. The highest BCUT2D eigenvalue weighted by molar-refractivity contribution is 7.98. The molecule has 3 heteroatoms. The number of benzene rings is 1. The molecule has 1 aromatic carbocycles. The van der Waals surface area contributed by atoms with Crippen molar-refractivity contribution >= 4 is 17.4 Å². The van der Waals surface area contributed by atoms with Crippen molar-refractivity contribution < 1.29 is 4.39 Å². The van der Waals surface area contributed by atoms with Gasteiger partial charge in [0.1, 0.15) is 5.82 Å². The van der Waals surface area contributed by atoms with Crippen LogP contribution in [0.5, 0.6) is 0 Å². The van der Waals surface area contributed by atoms with Gasteiger partial charge in [-0.1, -0.05) is 12.7 Å². The van der Waals surface area contributed by atoms with Crippen molar-refractivity contribution in [1.29, 1.82) is 0 Å². The van der Waals surface area contributed by atoms with E-state index in [1.165, 1.54) is 6.07 Å². The number of allylic oxidation sites excluding steroid dienone is 2. The van der Waals surface area contributed by atoms with Gasteiger partial charge in [-0.3, -0.25) is 0 Å². The molecule has 0 unspecified atom stereocenters. The van der Waals surface area contributed by atoms with Crippen LogP contribution in [0.2, 0.25) is 0 Å². The third kappa shape index (κ3) is 3.63. The van der Waals surface area contributed by atoms with Crippen LogP contribution in [-0.2, 0) is 0 Å². The highest BCUT2D eigenvalue weighted by Crippen LogP contribution is 2.31. The number of hydrogen-bond donors (Lipinski definition) is 0. The minimum Gasteiger partial charge on any atom is -0.348 e. The third-order valence-corrected chi connectivity index (χ3v) is 3.40. The first kappa shape index (κ1) is 13.8. The average molecular weight is 251 g/mol. The highest BCUT2D eigenvalue weighted by atomic mass is 32.2. The van der Waals surface area contributed by atoms with Gasteiger partial charge >= 0.3 is 0 Å². The molecule has 92 valence electrons. The van der Waals surface area contributed by atoms with Crippen molar-refractivity contribution in [3.05, 3.63) is 48.9 Å². The van der Waals surface area contributed by atoms with Gasteiger partial charge in [0, 0.05) is 17.6 Å². The molecule has 0 aliphatic rings. The Hall–Kier alpha value is -1.22. The number of thioether (sulfide) groups is 1. The Kier molecular flexibility index (Phi) is 5.29. The molecule has 0 aromatic heterocycles. The van der Waals surface area contributed by atoms with Crippen molar-refractivity contribution in [2.24, 2.45) is 0 Å². The maximum atomic E-state index is 13.3. The monoisotopic (exact) mass is 251 g/mol. The van der Waals surface area contributed by atoms with Crippen molar-refractivity contribution in [3.8, 4) is 0 Å². The lowest BCUT2D eigenvalue weighted by molar-refractivity contribution is 0.626. The van der Waals surface area contributed by atoms with Crippen LogP contribution in [0.25, 0.3) is 0 Å². The van der Waals surface area contributed by atoms with Gasteiger partial charge in [-0.2, -0.15) is 0 Å². The molecule has 0 aliphatic carbocycles. The first-order valence-electron chi connectivity index (χ1n) is 5.46. The maximum Gasteiger partial charge on any atom is 0.125 e. The van der Waals surface area contributed by atoms with E-state index in [1.807, 2.05) is 24.3 Å². The van der Waals surface area contributed by atoms with E-state index in [1.54, 1.807) is 23.9 Å². The molecule has 0 heterocycles. The van der Waals surface area contributed by atoms with E-state index >= 15 is 0 Å². The first-order chi connectivity index (χ1) is 8.10. The van der Waals surface area contributed by atoms with Crippen molar-refractivity contribution in [3.63, 3.8) is 0 Å². The lowest BCUT2D eigenvalue weighted by atomic mass is 10.2. The lowest BCUT2D eigenvalue weighted by Gasteiger charge is -2.24. The highest BCUT2D eigenvalue weighted by Gasteiger charge is 2.10. The fourth-order valence-electron chi connectivity index (χ4n) is 1.53. The van der Waals surface area contributed by atoms with Crippen LogP contribution in [0.3, 0.4) is 0 Å². The van der Waals surface area contributed by atoms with Gasteiger partial charge in [0.2, 0.25) is 0 Å². The molecule has 0 atom stereocenters. The molecule has 1 rings (SSSR count). The zero-order valence-electron chi connectivity index (χ0n) is 10.4. The Balaban J connectivity index is 2.93. The smallest absolute Gasteiger partial charge is 0.125 e. The largest absolute Gasteiger partial charge is 0.348 e. The Morgan fingerprint density at radius 1 is 1.53 bits per heavy atom. The number of halogens is 1. The summed E-state index contributed by atoms with van der Waals surface area (Å²) in [6, 6.07) is 4.83. The van der Waals surface area contributed by atoms with E-state index in [-0.39, 0.29) is 5.82 Å². The summed E-state index contributed by atoms with van der Waals surface area (Å²) in [5.74, 6) is -0.221. The second kappa shape index (κ2) is 6.50. The van der Waals surface area contributed by atoms with Gasteiger partial charge in [0.05, 0.1) is 5.69 Å². The van der Waals surface area contributed by atoms with Crippen molar-refractivity contribution in [1.82, 2.24) is 0 Å². The Labute approximate surface area is 107 Å². The quantitative estimate of drug-likeness (QED) is 0.542. The van der Waals surface area contributed by atoms with E-state index in [9.17, 15) is 4.39 Å². The van der Waals surface area contributed by atoms with Crippen LogP contribution >= 0.6 is 11.8 Å². The molecule has 0 fully saturated rings. The molecular weight excluding hydrogens is 233 g/mol. The van der Waals surface area contributed by atoms with Crippen LogP contribution in [-0.4, -0.2) is 13.3 Å². The second-order valence-electron chi connectivity index (χ2n) is 3.77. The van der Waals surface area contributed by atoms with E-state index in [2.05, 4.69) is 13.2 Å². The van der Waals surface area contributed by atoms with Gasteiger partial charge in [-0.25, -0.2) is 4.39 Å². The number of hydrogen-bond acceptors (Lipinski definition) is 2. The summed E-state index contributed by atoms with van der Waals surface area (Å²) < 4.78 is 13.3. The van der Waals surface area contributed by atoms with Gasteiger partial charge in [0.25, 0.3) is 0 Å². The van der Waals surface area contributed by atoms with Gasteiger partial charge in [0.15, 0.2) is 0 Å². The molecule has 0 saturated carbocycles. The fraction of sp³-hybridized carbons (Fsp3) is 0.286. The molecule has 1 aromatic rings. The summed E-state index contributed by atoms with van der Waals surface area (Å²) in [4.78, 5) is 2.99. The summed E-state index contributed by atoms with van der Waals surface area (Å²) in [6.45, 7) is 7.71. The molecule has 0 spiro atoms. The Morgan fingerprint density at radius 2 is 2.24 bits per heavy atom. The van der Waals surface area contributed by atoms with E-state index in [0.29, 0.717) is 0 Å². The molecule has 0 saturated heterocycles. The fourth-order valence-corrected chi connectivity index (χ4v) is 2.14. The topological polar surface area (TPSA) is 3.24 Å². The van der Waals surface area contributed by atoms with Gasteiger partial charge in [-0.15, -0.1) is 18.3 Å². The molecule has 0 amide bonds. The SMILES string of the molecule is C=CCCC(=C)N(C)c1cc(F)ccc1SC. The zero-order chi connectivity index (χ0) is 12.8. The van der Waals surface area contributed by atoms with Crippen LogP contribution in [0, 0.1) is 5.82 Å².